The molecule has 110 valence electrons. The van der Waals surface area contributed by atoms with Gasteiger partial charge in [-0.2, -0.15) is 11.8 Å². The molecule has 0 saturated heterocycles. The third-order valence-corrected chi connectivity index (χ3v) is 4.14. The summed E-state index contributed by atoms with van der Waals surface area (Å²) < 4.78 is 0. The highest BCUT2D eigenvalue weighted by atomic mass is 32.2. The first-order valence-electron chi connectivity index (χ1n) is 6.32. The van der Waals surface area contributed by atoms with E-state index in [0.717, 1.165) is 16.9 Å². The molecule has 0 aliphatic rings. The Kier molecular flexibility index (Phi) is 7.72. The van der Waals surface area contributed by atoms with E-state index in [-0.39, 0.29) is 5.91 Å². The van der Waals surface area contributed by atoms with Crippen LogP contribution in [0.4, 0.5) is 0 Å². The van der Waals surface area contributed by atoms with Crippen molar-refractivity contribution >= 4 is 34.5 Å². The van der Waals surface area contributed by atoms with Gasteiger partial charge in [0.05, 0.1) is 11.1 Å². The van der Waals surface area contributed by atoms with Crippen LogP contribution in [0.1, 0.15) is 17.5 Å². The maximum absolute atomic E-state index is 11.8. The molecule has 0 fully saturated rings. The van der Waals surface area contributed by atoms with Crippen LogP contribution in [0.3, 0.4) is 0 Å². The number of thioether (sulfide) groups is 2. The average Bonchev–Trinajstić information content (AvgIpc) is 2.49. The van der Waals surface area contributed by atoms with E-state index in [4.69, 9.17) is 11.1 Å². The Morgan fingerprint density at radius 3 is 2.55 bits per heavy atom. The molecule has 1 amide bonds. The number of benzene rings is 1. The van der Waals surface area contributed by atoms with Gasteiger partial charge in [0.25, 0.3) is 0 Å². The summed E-state index contributed by atoms with van der Waals surface area (Å²) in [4.78, 5) is 11.8. The number of nitrogens with two attached hydrogens (primary N) is 1. The molecule has 1 aromatic rings. The van der Waals surface area contributed by atoms with Gasteiger partial charge >= 0.3 is 0 Å². The van der Waals surface area contributed by atoms with Crippen LogP contribution >= 0.6 is 23.5 Å². The van der Waals surface area contributed by atoms with E-state index in [0.29, 0.717) is 18.0 Å². The number of carbonyl (C=O) groups excluding carboxylic acids is 1. The first-order chi connectivity index (χ1) is 9.58. The van der Waals surface area contributed by atoms with E-state index in [1.807, 2.05) is 36.8 Å². The van der Waals surface area contributed by atoms with Gasteiger partial charge in [-0.3, -0.25) is 10.2 Å². The standard InChI is InChI=1S/C14H21N3OS2/c1-19-8-7-12(15)14(18)17-9-10-3-5-11(6-4-10)13(16)20-2/h3-6,12,16H,7-9,15H2,1-2H3,(H,17,18)/t12-/m0/s1. The molecule has 4 N–H and O–H groups in total. The molecule has 0 aromatic heterocycles. The van der Waals surface area contributed by atoms with E-state index in [9.17, 15) is 4.79 Å². The highest BCUT2D eigenvalue weighted by Gasteiger charge is 2.12. The van der Waals surface area contributed by atoms with E-state index < -0.39 is 6.04 Å². The maximum Gasteiger partial charge on any atom is 0.237 e. The van der Waals surface area contributed by atoms with Crippen LogP contribution in [0.25, 0.3) is 0 Å². The van der Waals surface area contributed by atoms with Crippen LogP contribution in [-0.4, -0.2) is 35.3 Å². The number of rotatable bonds is 7. The van der Waals surface area contributed by atoms with Crippen molar-refractivity contribution in [2.45, 2.75) is 19.0 Å². The normalized spacial score (nSPS) is 11.9. The second-order valence-electron chi connectivity index (χ2n) is 4.34. The zero-order valence-corrected chi connectivity index (χ0v) is 13.4. The lowest BCUT2D eigenvalue weighted by molar-refractivity contribution is -0.122. The zero-order valence-electron chi connectivity index (χ0n) is 11.8. The van der Waals surface area contributed by atoms with Crippen molar-refractivity contribution in [1.29, 1.82) is 5.41 Å². The SMILES string of the molecule is CSCC[C@H](N)C(=O)NCc1ccc(C(=N)SC)cc1. The minimum atomic E-state index is -0.439. The van der Waals surface area contributed by atoms with Gasteiger partial charge in [0, 0.05) is 12.1 Å². The zero-order chi connectivity index (χ0) is 15.0. The predicted octanol–water partition coefficient (Wildman–Crippen LogP) is 2.07. The van der Waals surface area contributed by atoms with Gasteiger partial charge in [0.15, 0.2) is 0 Å². The van der Waals surface area contributed by atoms with Crippen LogP contribution in [0.5, 0.6) is 0 Å². The van der Waals surface area contributed by atoms with Gasteiger partial charge in [-0.05, 0) is 30.2 Å². The van der Waals surface area contributed by atoms with E-state index in [2.05, 4.69) is 5.32 Å². The van der Waals surface area contributed by atoms with Crippen molar-refractivity contribution in [3.63, 3.8) is 0 Å². The summed E-state index contributed by atoms with van der Waals surface area (Å²) in [6, 6.07) is 7.20. The lowest BCUT2D eigenvalue weighted by atomic mass is 10.1. The number of nitrogens with one attached hydrogen (secondary N) is 2. The van der Waals surface area contributed by atoms with Crippen LogP contribution in [0.2, 0.25) is 0 Å². The first-order valence-corrected chi connectivity index (χ1v) is 8.94. The second kappa shape index (κ2) is 9.05. The summed E-state index contributed by atoms with van der Waals surface area (Å²) in [5, 5.41) is 11.1. The van der Waals surface area contributed by atoms with Gasteiger partial charge in [0.1, 0.15) is 0 Å². The monoisotopic (exact) mass is 311 g/mol. The van der Waals surface area contributed by atoms with Gasteiger partial charge in [-0.15, -0.1) is 11.8 Å². The van der Waals surface area contributed by atoms with Gasteiger partial charge < -0.3 is 11.1 Å². The Morgan fingerprint density at radius 1 is 1.35 bits per heavy atom. The Morgan fingerprint density at radius 2 is 2.00 bits per heavy atom. The molecular weight excluding hydrogens is 290 g/mol. The van der Waals surface area contributed by atoms with Crippen molar-refractivity contribution in [2.75, 3.05) is 18.3 Å². The van der Waals surface area contributed by atoms with Crippen LogP contribution in [-0.2, 0) is 11.3 Å². The third kappa shape index (κ3) is 5.56. The van der Waals surface area contributed by atoms with Crippen molar-refractivity contribution in [1.82, 2.24) is 5.32 Å². The lowest BCUT2D eigenvalue weighted by Gasteiger charge is -2.12. The fourth-order valence-corrected chi connectivity index (χ4v) is 2.45. The van der Waals surface area contributed by atoms with Crippen molar-refractivity contribution in [2.24, 2.45) is 5.73 Å². The first kappa shape index (κ1) is 17.1. The Bertz CT molecular complexity index is 448. The minimum Gasteiger partial charge on any atom is -0.351 e. The quantitative estimate of drug-likeness (QED) is 0.532. The average molecular weight is 311 g/mol. The lowest BCUT2D eigenvalue weighted by Crippen LogP contribution is -2.40. The molecule has 0 unspecified atom stereocenters. The number of carbonyl (C=O) groups is 1. The molecule has 0 heterocycles. The molecule has 6 heteroatoms. The largest absolute Gasteiger partial charge is 0.351 e. The van der Waals surface area contributed by atoms with Crippen LogP contribution in [0, 0.1) is 5.41 Å². The van der Waals surface area contributed by atoms with E-state index in [1.165, 1.54) is 11.8 Å². The molecule has 0 saturated carbocycles. The molecule has 0 radical (unpaired) electrons. The van der Waals surface area contributed by atoms with Crippen molar-refractivity contribution in [3.05, 3.63) is 35.4 Å². The number of hydrogen-bond acceptors (Lipinski definition) is 5. The minimum absolute atomic E-state index is 0.111. The van der Waals surface area contributed by atoms with Crippen molar-refractivity contribution < 1.29 is 4.79 Å². The highest BCUT2D eigenvalue weighted by Crippen LogP contribution is 2.10. The summed E-state index contributed by atoms with van der Waals surface area (Å²) in [6.45, 7) is 0.471. The molecule has 0 spiro atoms. The molecule has 1 atom stereocenters. The van der Waals surface area contributed by atoms with Gasteiger partial charge in [-0.1, -0.05) is 24.3 Å². The molecule has 1 rings (SSSR count). The topological polar surface area (TPSA) is 79.0 Å². The number of amides is 1. The summed E-state index contributed by atoms with van der Waals surface area (Å²) in [5.41, 5.74) is 7.69. The highest BCUT2D eigenvalue weighted by molar-refractivity contribution is 8.13. The van der Waals surface area contributed by atoms with Gasteiger partial charge in [0.2, 0.25) is 5.91 Å². The fourth-order valence-electron chi connectivity index (χ4n) is 1.59. The Hall–Kier alpha value is -0.980. The van der Waals surface area contributed by atoms with E-state index in [1.54, 1.807) is 11.8 Å². The predicted molar refractivity (Wildman–Crippen MR) is 89.6 cm³/mol. The molecule has 4 nitrogen and oxygen atoms in total. The van der Waals surface area contributed by atoms with Gasteiger partial charge in [-0.25, -0.2) is 0 Å². The molecular formula is C14H21N3OS2. The Balaban J connectivity index is 2.45. The number of hydrogen-bond donors (Lipinski definition) is 3. The smallest absolute Gasteiger partial charge is 0.237 e. The summed E-state index contributed by atoms with van der Waals surface area (Å²) >= 11 is 3.09. The van der Waals surface area contributed by atoms with E-state index >= 15 is 0 Å². The molecule has 0 aliphatic heterocycles. The third-order valence-electron chi connectivity index (χ3n) is 2.86. The summed E-state index contributed by atoms with van der Waals surface area (Å²) in [7, 11) is 0. The molecule has 20 heavy (non-hydrogen) atoms. The maximum atomic E-state index is 11.8. The van der Waals surface area contributed by atoms with Crippen LogP contribution in [0.15, 0.2) is 24.3 Å². The molecule has 0 bridgehead atoms. The molecule has 1 aromatic carbocycles. The van der Waals surface area contributed by atoms with Crippen molar-refractivity contribution in [3.8, 4) is 0 Å². The Labute approximate surface area is 128 Å². The second-order valence-corrected chi connectivity index (χ2v) is 6.14. The molecule has 0 aliphatic carbocycles. The fraction of sp³-hybridized carbons (Fsp3) is 0.429. The van der Waals surface area contributed by atoms with Crippen LogP contribution < -0.4 is 11.1 Å². The summed E-state index contributed by atoms with van der Waals surface area (Å²) in [6.07, 6.45) is 4.57. The summed E-state index contributed by atoms with van der Waals surface area (Å²) in [5.74, 6) is 0.778.